The first kappa shape index (κ1) is 22.2. The van der Waals surface area contributed by atoms with Crippen molar-refractivity contribution in [3.05, 3.63) is 63.5 Å². The summed E-state index contributed by atoms with van der Waals surface area (Å²) in [5.41, 5.74) is -0.0739. The van der Waals surface area contributed by atoms with E-state index in [1.54, 1.807) is 12.1 Å². The van der Waals surface area contributed by atoms with Gasteiger partial charge in [-0.25, -0.2) is 0 Å². The fourth-order valence-corrected chi connectivity index (χ4v) is 4.20. The molecule has 0 amide bonds. The molecule has 5 nitrogen and oxygen atoms in total. The van der Waals surface area contributed by atoms with Gasteiger partial charge in [0.25, 0.3) is 5.76 Å². The second-order valence-corrected chi connectivity index (χ2v) is 8.42. The molecule has 0 radical (unpaired) electrons. The number of quaternary nitrogens is 1. The highest BCUT2D eigenvalue weighted by Crippen LogP contribution is 2.39. The van der Waals surface area contributed by atoms with Crippen LogP contribution in [0, 0.1) is 6.92 Å². The summed E-state index contributed by atoms with van der Waals surface area (Å²) in [6.45, 7) is 5.00. The van der Waals surface area contributed by atoms with E-state index >= 15 is 0 Å². The van der Waals surface area contributed by atoms with Crippen molar-refractivity contribution in [2.75, 3.05) is 6.54 Å². The number of phenolic OH excluding ortho intramolecular Hbond substituents is 1. The second kappa shape index (κ2) is 8.50. The Morgan fingerprint density at radius 2 is 1.88 bits per heavy atom. The quantitative estimate of drug-likeness (QED) is 0.614. The predicted octanol–water partition coefficient (Wildman–Crippen LogP) is 4.58. The molecular formula is C24H25F3NO4+. The van der Waals surface area contributed by atoms with E-state index in [0.29, 0.717) is 0 Å². The maximum absolute atomic E-state index is 13.9. The first-order chi connectivity index (χ1) is 15.1. The first-order valence-electron chi connectivity index (χ1n) is 10.6. The molecule has 4 rings (SSSR count). The Bertz CT molecular complexity index is 1190. The van der Waals surface area contributed by atoms with E-state index in [-0.39, 0.29) is 40.6 Å². The smallest absolute Gasteiger partial charge is 0.453 e. The van der Waals surface area contributed by atoms with Crippen molar-refractivity contribution >= 4 is 11.0 Å². The van der Waals surface area contributed by atoms with Gasteiger partial charge in [-0.15, -0.1) is 0 Å². The number of aryl methyl sites for hydroxylation is 1. The highest BCUT2D eigenvalue weighted by atomic mass is 19.4. The molecule has 3 aromatic rings. The third kappa shape index (κ3) is 4.32. The summed E-state index contributed by atoms with van der Waals surface area (Å²) in [4.78, 5) is 14.2. The van der Waals surface area contributed by atoms with Crippen molar-refractivity contribution in [1.82, 2.24) is 0 Å². The molecule has 1 aromatic heterocycles. The number of aromatic hydroxyl groups is 1. The van der Waals surface area contributed by atoms with E-state index in [2.05, 4.69) is 6.92 Å². The van der Waals surface area contributed by atoms with Crippen LogP contribution in [0.25, 0.3) is 11.0 Å². The van der Waals surface area contributed by atoms with Crippen LogP contribution in [-0.4, -0.2) is 17.7 Å². The molecule has 2 atom stereocenters. The molecule has 1 saturated heterocycles. The number of halogens is 3. The van der Waals surface area contributed by atoms with E-state index in [1.165, 1.54) is 24.3 Å². The van der Waals surface area contributed by atoms with Crippen molar-refractivity contribution in [2.45, 2.75) is 51.9 Å². The van der Waals surface area contributed by atoms with E-state index in [4.69, 9.17) is 9.15 Å². The molecular weight excluding hydrogens is 423 g/mol. The number of nitrogens with one attached hydrogen (secondary N) is 1. The van der Waals surface area contributed by atoms with E-state index in [1.807, 2.05) is 6.92 Å². The van der Waals surface area contributed by atoms with Crippen molar-refractivity contribution in [2.24, 2.45) is 0 Å². The summed E-state index contributed by atoms with van der Waals surface area (Å²) in [7, 11) is 0. The van der Waals surface area contributed by atoms with Crippen LogP contribution in [0.15, 0.2) is 45.6 Å². The van der Waals surface area contributed by atoms with E-state index in [9.17, 15) is 23.1 Å². The Labute approximate surface area is 183 Å². The number of likely N-dealkylation sites (tertiary alicyclic amines) is 1. The molecule has 170 valence electrons. The monoisotopic (exact) mass is 448 g/mol. The molecule has 1 fully saturated rings. The minimum absolute atomic E-state index is 0.0584. The number of alkyl halides is 3. The minimum Gasteiger partial charge on any atom is -0.507 e. The molecule has 1 aliphatic rings. The van der Waals surface area contributed by atoms with Crippen LogP contribution in [0.3, 0.4) is 0 Å². The van der Waals surface area contributed by atoms with Crippen LogP contribution < -0.4 is 15.1 Å². The Morgan fingerprint density at radius 1 is 1.16 bits per heavy atom. The van der Waals surface area contributed by atoms with Crippen molar-refractivity contribution in [1.29, 1.82) is 0 Å². The van der Waals surface area contributed by atoms with Gasteiger partial charge >= 0.3 is 6.18 Å². The molecule has 0 spiro atoms. The Balaban J connectivity index is 1.87. The Hall–Kier alpha value is -3.00. The van der Waals surface area contributed by atoms with Crippen molar-refractivity contribution < 1.29 is 32.3 Å². The van der Waals surface area contributed by atoms with Gasteiger partial charge in [0.2, 0.25) is 11.2 Å². The number of benzene rings is 2. The molecule has 32 heavy (non-hydrogen) atoms. The van der Waals surface area contributed by atoms with Crippen LogP contribution in [-0.2, 0) is 12.7 Å². The maximum Gasteiger partial charge on any atom is 0.453 e. The standard InChI is InChI=1S/C24H24F3NO4/c1-14-6-8-16(9-7-14)31-22-20(30)17-10-11-19(29)18(13-28-12-4-3-5-15(28)2)21(17)32-23(22)24(25,26)27/h6-11,15,29H,3-5,12-13H2,1-2H3/p+1/t15-/m1/s1. The number of phenols is 1. The van der Waals surface area contributed by atoms with Crippen LogP contribution in [0.5, 0.6) is 17.2 Å². The second-order valence-electron chi connectivity index (χ2n) is 8.42. The molecule has 0 aliphatic carbocycles. The Kier molecular flexibility index (Phi) is 5.90. The summed E-state index contributed by atoms with van der Waals surface area (Å²) in [5, 5.41) is 10.4. The molecule has 2 N–H and O–H groups in total. The lowest BCUT2D eigenvalue weighted by atomic mass is 10.0. The number of hydrogen-bond acceptors (Lipinski definition) is 4. The molecule has 2 aromatic carbocycles. The van der Waals surface area contributed by atoms with Gasteiger partial charge in [-0.05, 0) is 57.4 Å². The average Bonchev–Trinajstić information content (AvgIpc) is 2.74. The van der Waals surface area contributed by atoms with Gasteiger partial charge in [-0.1, -0.05) is 17.7 Å². The number of rotatable bonds is 4. The van der Waals surface area contributed by atoms with Gasteiger partial charge in [0.15, 0.2) is 5.58 Å². The molecule has 1 unspecified atom stereocenters. The predicted molar refractivity (Wildman–Crippen MR) is 113 cm³/mol. The minimum atomic E-state index is -4.96. The van der Waals surface area contributed by atoms with Gasteiger partial charge in [-0.3, -0.25) is 4.79 Å². The number of hydrogen-bond donors (Lipinski definition) is 2. The number of piperidine rings is 1. The first-order valence-corrected chi connectivity index (χ1v) is 10.6. The van der Waals surface area contributed by atoms with E-state index in [0.717, 1.165) is 36.3 Å². The SMILES string of the molecule is Cc1ccc(Oc2c(C(F)(F)F)oc3c(C[NH+]4CCCC[C@H]4C)c(O)ccc3c2=O)cc1. The van der Waals surface area contributed by atoms with Gasteiger partial charge in [0.05, 0.1) is 23.5 Å². The van der Waals surface area contributed by atoms with Crippen LogP contribution in [0.1, 0.15) is 43.1 Å². The van der Waals surface area contributed by atoms with E-state index < -0.39 is 23.1 Å². The molecule has 0 bridgehead atoms. The highest BCUT2D eigenvalue weighted by molar-refractivity contribution is 5.83. The summed E-state index contributed by atoms with van der Waals surface area (Å²) in [6, 6.07) is 9.21. The van der Waals surface area contributed by atoms with Gasteiger partial charge < -0.3 is 19.2 Å². The third-order valence-electron chi connectivity index (χ3n) is 6.08. The van der Waals surface area contributed by atoms with Crippen LogP contribution in [0.2, 0.25) is 0 Å². The summed E-state index contributed by atoms with van der Waals surface area (Å²) < 4.78 is 52.4. The molecule has 0 saturated carbocycles. The van der Waals surface area contributed by atoms with Gasteiger partial charge in [0.1, 0.15) is 18.0 Å². The lowest BCUT2D eigenvalue weighted by molar-refractivity contribution is -0.941. The topological polar surface area (TPSA) is 64.1 Å². The van der Waals surface area contributed by atoms with Crippen LogP contribution in [0.4, 0.5) is 13.2 Å². The third-order valence-corrected chi connectivity index (χ3v) is 6.08. The lowest BCUT2D eigenvalue weighted by Crippen LogP contribution is -3.14. The van der Waals surface area contributed by atoms with Crippen molar-refractivity contribution in [3.63, 3.8) is 0 Å². The maximum atomic E-state index is 13.9. The fraction of sp³-hybridized carbons (Fsp3) is 0.375. The van der Waals surface area contributed by atoms with Crippen LogP contribution >= 0.6 is 0 Å². The fourth-order valence-electron chi connectivity index (χ4n) is 4.20. The number of fused-ring (bicyclic) bond motifs is 1. The summed E-state index contributed by atoms with van der Waals surface area (Å²) in [5.74, 6) is -2.52. The highest BCUT2D eigenvalue weighted by Gasteiger charge is 2.41. The molecule has 8 heteroatoms. The lowest BCUT2D eigenvalue weighted by Gasteiger charge is -2.30. The van der Waals surface area contributed by atoms with Gasteiger partial charge in [-0.2, -0.15) is 13.2 Å². The molecule has 2 heterocycles. The largest absolute Gasteiger partial charge is 0.507 e. The van der Waals surface area contributed by atoms with Crippen molar-refractivity contribution in [3.8, 4) is 17.2 Å². The summed E-state index contributed by atoms with van der Waals surface area (Å²) >= 11 is 0. The average molecular weight is 448 g/mol. The number of ether oxygens (including phenoxy) is 1. The van der Waals surface area contributed by atoms with Gasteiger partial charge in [0, 0.05) is 0 Å². The summed E-state index contributed by atoms with van der Waals surface area (Å²) in [6.07, 6.45) is -1.87. The Morgan fingerprint density at radius 3 is 2.53 bits per heavy atom. The zero-order chi connectivity index (χ0) is 23.0. The normalized spacial score (nSPS) is 19.3. The molecule has 1 aliphatic heterocycles. The zero-order valence-corrected chi connectivity index (χ0v) is 17.9. The zero-order valence-electron chi connectivity index (χ0n) is 17.9.